The van der Waals surface area contributed by atoms with E-state index in [4.69, 9.17) is 4.74 Å². The minimum Gasteiger partial charge on any atom is -0.496 e. The average Bonchev–Trinajstić information content (AvgIpc) is 2.77. The van der Waals surface area contributed by atoms with Gasteiger partial charge in [0.2, 0.25) is 0 Å². The number of nitrogens with one attached hydrogen (secondary N) is 1. The summed E-state index contributed by atoms with van der Waals surface area (Å²) in [6, 6.07) is 6.61. The molecular weight excluding hydrogens is 260 g/mol. The normalized spacial score (nSPS) is 16.7. The maximum absolute atomic E-state index is 5.55. The number of hydrogen-bond acceptors (Lipinski definition) is 3. The minimum absolute atomic E-state index is 0.949. The summed E-state index contributed by atoms with van der Waals surface area (Å²) in [5.74, 6) is 1.03. The number of likely N-dealkylation sites (tertiary alicyclic amines) is 1. The summed E-state index contributed by atoms with van der Waals surface area (Å²) in [5, 5.41) is 3.48. The molecule has 0 spiro atoms. The molecule has 0 aromatic heterocycles. The molecule has 1 aliphatic rings. The molecule has 1 saturated heterocycles. The highest BCUT2D eigenvalue weighted by molar-refractivity contribution is 5.37. The van der Waals surface area contributed by atoms with Crippen molar-refractivity contribution in [3.63, 3.8) is 0 Å². The lowest BCUT2D eigenvalue weighted by atomic mass is 10.1. The standard InChI is InChI=1S/C18H30N2O/c1-3-10-19-14-16-8-9-18(21-2)17(13-16)15-20-11-6-4-5-7-12-20/h8-9,13,19H,3-7,10-12,14-15H2,1-2H3. The summed E-state index contributed by atoms with van der Waals surface area (Å²) in [4.78, 5) is 2.58. The second kappa shape index (κ2) is 9.06. The molecule has 3 heteroatoms. The molecule has 0 saturated carbocycles. The molecule has 0 atom stereocenters. The van der Waals surface area contributed by atoms with Gasteiger partial charge in [-0.15, -0.1) is 0 Å². The monoisotopic (exact) mass is 290 g/mol. The molecular formula is C18H30N2O. The predicted molar refractivity (Wildman–Crippen MR) is 88.7 cm³/mol. The highest BCUT2D eigenvalue weighted by Gasteiger charge is 2.12. The zero-order valence-electron chi connectivity index (χ0n) is 13.7. The number of hydrogen-bond donors (Lipinski definition) is 1. The molecule has 1 aromatic rings. The van der Waals surface area contributed by atoms with Gasteiger partial charge in [0, 0.05) is 18.7 Å². The van der Waals surface area contributed by atoms with E-state index in [0.717, 1.165) is 25.4 Å². The first-order valence-electron chi connectivity index (χ1n) is 8.42. The van der Waals surface area contributed by atoms with E-state index < -0.39 is 0 Å². The van der Waals surface area contributed by atoms with Crippen LogP contribution in [-0.2, 0) is 13.1 Å². The molecule has 3 nitrogen and oxygen atoms in total. The zero-order valence-corrected chi connectivity index (χ0v) is 13.7. The second-order valence-corrected chi connectivity index (χ2v) is 6.01. The van der Waals surface area contributed by atoms with E-state index in [1.54, 1.807) is 7.11 Å². The lowest BCUT2D eigenvalue weighted by Gasteiger charge is -2.21. The van der Waals surface area contributed by atoms with Crippen LogP contribution in [0.25, 0.3) is 0 Å². The first-order valence-corrected chi connectivity index (χ1v) is 8.42. The Hall–Kier alpha value is -1.06. The fourth-order valence-electron chi connectivity index (χ4n) is 3.01. The minimum atomic E-state index is 0.949. The summed E-state index contributed by atoms with van der Waals surface area (Å²) in [5.41, 5.74) is 2.68. The van der Waals surface area contributed by atoms with Crippen LogP contribution in [0.1, 0.15) is 50.2 Å². The number of rotatable bonds is 7. The van der Waals surface area contributed by atoms with Crippen molar-refractivity contribution in [1.82, 2.24) is 10.2 Å². The van der Waals surface area contributed by atoms with E-state index in [1.165, 1.54) is 56.3 Å². The molecule has 0 amide bonds. The summed E-state index contributed by atoms with van der Waals surface area (Å²) in [6.07, 6.45) is 6.61. The smallest absolute Gasteiger partial charge is 0.123 e. The van der Waals surface area contributed by atoms with Gasteiger partial charge in [-0.05, 0) is 56.6 Å². The summed E-state index contributed by atoms with van der Waals surface area (Å²) in [6.45, 7) is 7.69. The largest absolute Gasteiger partial charge is 0.496 e. The summed E-state index contributed by atoms with van der Waals surface area (Å²) >= 11 is 0. The van der Waals surface area contributed by atoms with Gasteiger partial charge in [0.25, 0.3) is 0 Å². The highest BCUT2D eigenvalue weighted by atomic mass is 16.5. The molecule has 0 bridgehead atoms. The van der Waals surface area contributed by atoms with Gasteiger partial charge in [-0.25, -0.2) is 0 Å². The van der Waals surface area contributed by atoms with Crippen molar-refractivity contribution in [3.8, 4) is 5.75 Å². The Bertz CT molecular complexity index is 412. The van der Waals surface area contributed by atoms with Crippen LogP contribution in [-0.4, -0.2) is 31.6 Å². The van der Waals surface area contributed by atoms with Gasteiger partial charge in [0.15, 0.2) is 0 Å². The van der Waals surface area contributed by atoms with Gasteiger partial charge in [0.05, 0.1) is 7.11 Å². The predicted octanol–water partition coefficient (Wildman–Crippen LogP) is 3.57. The number of ether oxygens (including phenoxy) is 1. The fraction of sp³-hybridized carbons (Fsp3) is 0.667. The van der Waals surface area contributed by atoms with Crippen molar-refractivity contribution in [2.75, 3.05) is 26.7 Å². The van der Waals surface area contributed by atoms with E-state index >= 15 is 0 Å². The van der Waals surface area contributed by atoms with Crippen LogP contribution in [0.2, 0.25) is 0 Å². The Morgan fingerprint density at radius 1 is 1.14 bits per heavy atom. The lowest BCUT2D eigenvalue weighted by Crippen LogP contribution is -2.24. The third kappa shape index (κ3) is 5.33. The maximum atomic E-state index is 5.55. The Labute approximate surface area is 129 Å². The van der Waals surface area contributed by atoms with E-state index in [-0.39, 0.29) is 0 Å². The maximum Gasteiger partial charge on any atom is 0.123 e. The van der Waals surface area contributed by atoms with E-state index in [1.807, 2.05) is 0 Å². The van der Waals surface area contributed by atoms with Crippen LogP contribution in [0.15, 0.2) is 18.2 Å². The first-order chi connectivity index (χ1) is 10.3. The van der Waals surface area contributed by atoms with Crippen molar-refractivity contribution in [3.05, 3.63) is 29.3 Å². The molecule has 1 aliphatic heterocycles. The van der Waals surface area contributed by atoms with Gasteiger partial charge < -0.3 is 10.1 Å². The van der Waals surface area contributed by atoms with Crippen LogP contribution in [0.4, 0.5) is 0 Å². The van der Waals surface area contributed by atoms with Crippen LogP contribution in [0.3, 0.4) is 0 Å². The Morgan fingerprint density at radius 3 is 2.57 bits per heavy atom. The van der Waals surface area contributed by atoms with Gasteiger partial charge in [0.1, 0.15) is 5.75 Å². The highest BCUT2D eigenvalue weighted by Crippen LogP contribution is 2.23. The Balaban J connectivity index is 2.02. The molecule has 0 aliphatic carbocycles. The van der Waals surface area contributed by atoms with E-state index in [9.17, 15) is 0 Å². The van der Waals surface area contributed by atoms with Crippen LogP contribution in [0, 0.1) is 0 Å². The average molecular weight is 290 g/mol. The molecule has 118 valence electrons. The van der Waals surface area contributed by atoms with Gasteiger partial charge in [-0.3, -0.25) is 4.90 Å². The molecule has 2 rings (SSSR count). The third-order valence-electron chi connectivity index (χ3n) is 4.19. The van der Waals surface area contributed by atoms with Crippen LogP contribution >= 0.6 is 0 Å². The lowest BCUT2D eigenvalue weighted by molar-refractivity contribution is 0.271. The van der Waals surface area contributed by atoms with Crippen molar-refractivity contribution >= 4 is 0 Å². The van der Waals surface area contributed by atoms with Gasteiger partial charge in [-0.2, -0.15) is 0 Å². The molecule has 0 unspecified atom stereocenters. The fourth-order valence-corrected chi connectivity index (χ4v) is 3.01. The van der Waals surface area contributed by atoms with E-state index in [2.05, 4.69) is 35.3 Å². The topological polar surface area (TPSA) is 24.5 Å². The van der Waals surface area contributed by atoms with Gasteiger partial charge >= 0.3 is 0 Å². The molecule has 1 fully saturated rings. The molecule has 1 aromatic carbocycles. The zero-order chi connectivity index (χ0) is 14.9. The number of methoxy groups -OCH3 is 1. The van der Waals surface area contributed by atoms with Crippen molar-refractivity contribution in [2.45, 2.75) is 52.1 Å². The molecule has 1 N–H and O–H groups in total. The quantitative estimate of drug-likeness (QED) is 0.777. The first kappa shape index (κ1) is 16.3. The number of nitrogens with zero attached hydrogens (tertiary/aromatic N) is 1. The van der Waals surface area contributed by atoms with Crippen LogP contribution < -0.4 is 10.1 Å². The molecule has 1 heterocycles. The second-order valence-electron chi connectivity index (χ2n) is 6.01. The Kier molecular flexibility index (Phi) is 7.04. The number of benzene rings is 1. The van der Waals surface area contributed by atoms with Crippen molar-refractivity contribution in [1.29, 1.82) is 0 Å². The van der Waals surface area contributed by atoms with Crippen molar-refractivity contribution in [2.24, 2.45) is 0 Å². The third-order valence-corrected chi connectivity index (χ3v) is 4.19. The summed E-state index contributed by atoms with van der Waals surface area (Å²) in [7, 11) is 1.77. The molecule has 0 radical (unpaired) electrons. The van der Waals surface area contributed by atoms with E-state index in [0.29, 0.717) is 0 Å². The SMILES string of the molecule is CCCNCc1ccc(OC)c(CN2CCCCCC2)c1. The van der Waals surface area contributed by atoms with Gasteiger partial charge in [-0.1, -0.05) is 25.8 Å². The van der Waals surface area contributed by atoms with Crippen LogP contribution in [0.5, 0.6) is 5.75 Å². The molecule has 21 heavy (non-hydrogen) atoms. The van der Waals surface area contributed by atoms with Crippen molar-refractivity contribution < 1.29 is 4.74 Å². The summed E-state index contributed by atoms with van der Waals surface area (Å²) < 4.78 is 5.55. The Morgan fingerprint density at radius 2 is 1.90 bits per heavy atom.